The van der Waals surface area contributed by atoms with Crippen LogP contribution in [0, 0.1) is 5.92 Å². The number of hydrogen-bond donors (Lipinski definition) is 1. The Labute approximate surface area is 79.0 Å². The smallest absolute Gasteiger partial charge is 0.306 e. The molecule has 2 nitrogen and oxygen atoms in total. The highest BCUT2D eigenvalue weighted by Gasteiger charge is 2.14. The summed E-state index contributed by atoms with van der Waals surface area (Å²) < 4.78 is 0. The monoisotopic (exact) mass is 180 g/mol. The van der Waals surface area contributed by atoms with Crippen molar-refractivity contribution in [2.75, 3.05) is 0 Å². The Bertz CT molecular complexity index is 216. The van der Waals surface area contributed by atoms with E-state index in [4.69, 9.17) is 5.11 Å². The van der Waals surface area contributed by atoms with Gasteiger partial charge in [0.1, 0.15) is 0 Å². The number of allylic oxidation sites excluding steroid dienone is 4. The second kappa shape index (κ2) is 5.57. The summed E-state index contributed by atoms with van der Waals surface area (Å²) in [5, 5.41) is 8.86. The van der Waals surface area contributed by atoms with Gasteiger partial charge in [-0.15, -0.1) is 0 Å². The third kappa shape index (κ3) is 3.92. The van der Waals surface area contributed by atoms with Crippen LogP contribution in [0.1, 0.15) is 32.1 Å². The summed E-state index contributed by atoms with van der Waals surface area (Å²) in [4.78, 5) is 10.8. The Hall–Kier alpha value is -1.05. The van der Waals surface area contributed by atoms with Gasteiger partial charge in [0.15, 0.2) is 0 Å². The zero-order valence-corrected chi connectivity index (χ0v) is 7.78. The zero-order chi connectivity index (χ0) is 9.52. The predicted octanol–water partition coefficient (Wildman–Crippen LogP) is 2.76. The molecule has 1 unspecified atom stereocenters. The predicted molar refractivity (Wildman–Crippen MR) is 52.5 cm³/mol. The third-order valence-electron chi connectivity index (χ3n) is 2.28. The minimum atomic E-state index is -0.668. The topological polar surface area (TPSA) is 37.3 Å². The van der Waals surface area contributed by atoms with Gasteiger partial charge in [-0.05, 0) is 32.1 Å². The lowest BCUT2D eigenvalue weighted by Crippen LogP contribution is -2.12. The van der Waals surface area contributed by atoms with E-state index in [2.05, 4.69) is 18.2 Å². The lowest BCUT2D eigenvalue weighted by molar-refractivity contribution is -0.141. The van der Waals surface area contributed by atoms with Crippen LogP contribution >= 0.6 is 0 Å². The Kier molecular flexibility index (Phi) is 4.30. The second-order valence-corrected chi connectivity index (χ2v) is 3.37. The molecule has 0 amide bonds. The maximum Gasteiger partial charge on any atom is 0.306 e. The second-order valence-electron chi connectivity index (χ2n) is 3.37. The molecule has 0 spiro atoms. The molecule has 13 heavy (non-hydrogen) atoms. The minimum Gasteiger partial charge on any atom is -0.481 e. The average molecular weight is 180 g/mol. The van der Waals surface area contributed by atoms with Gasteiger partial charge in [-0.25, -0.2) is 0 Å². The van der Waals surface area contributed by atoms with E-state index in [1.807, 2.05) is 6.08 Å². The summed E-state index contributed by atoms with van der Waals surface area (Å²) in [6.45, 7) is 0. The Morgan fingerprint density at radius 2 is 1.69 bits per heavy atom. The van der Waals surface area contributed by atoms with Crippen molar-refractivity contribution in [1.82, 2.24) is 0 Å². The molecular weight excluding hydrogens is 164 g/mol. The van der Waals surface area contributed by atoms with E-state index >= 15 is 0 Å². The summed E-state index contributed by atoms with van der Waals surface area (Å²) in [5.41, 5.74) is 0. The van der Waals surface area contributed by atoms with Gasteiger partial charge in [-0.1, -0.05) is 24.3 Å². The molecule has 1 N–H and O–H groups in total. The Morgan fingerprint density at radius 1 is 1.08 bits per heavy atom. The van der Waals surface area contributed by atoms with Gasteiger partial charge >= 0.3 is 5.97 Å². The summed E-state index contributed by atoms with van der Waals surface area (Å²) in [6.07, 6.45) is 12.7. The first-order chi connectivity index (χ1) is 6.30. The van der Waals surface area contributed by atoms with Gasteiger partial charge in [0.2, 0.25) is 0 Å². The van der Waals surface area contributed by atoms with Crippen molar-refractivity contribution in [1.29, 1.82) is 0 Å². The molecule has 1 aliphatic rings. The first-order valence-corrected chi connectivity index (χ1v) is 4.83. The normalized spacial score (nSPS) is 29.1. The van der Waals surface area contributed by atoms with Crippen LogP contribution in [0.5, 0.6) is 0 Å². The fourth-order valence-electron chi connectivity index (χ4n) is 1.45. The fraction of sp³-hybridized carbons (Fsp3) is 0.545. The van der Waals surface area contributed by atoms with E-state index in [0.717, 1.165) is 25.7 Å². The van der Waals surface area contributed by atoms with Crippen LogP contribution in [0.25, 0.3) is 0 Å². The fourth-order valence-corrected chi connectivity index (χ4v) is 1.45. The molecule has 0 heterocycles. The molecule has 72 valence electrons. The van der Waals surface area contributed by atoms with Crippen molar-refractivity contribution < 1.29 is 9.90 Å². The SMILES string of the molecule is O=C(O)C1C/C=C\CC/C=C/CC1. The van der Waals surface area contributed by atoms with E-state index in [0.29, 0.717) is 6.42 Å². The summed E-state index contributed by atoms with van der Waals surface area (Å²) >= 11 is 0. The van der Waals surface area contributed by atoms with Gasteiger partial charge in [-0.2, -0.15) is 0 Å². The van der Waals surface area contributed by atoms with Gasteiger partial charge in [-0.3, -0.25) is 4.79 Å². The highest BCUT2D eigenvalue weighted by atomic mass is 16.4. The van der Waals surface area contributed by atoms with Crippen molar-refractivity contribution in [3.63, 3.8) is 0 Å². The highest BCUT2D eigenvalue weighted by molar-refractivity contribution is 5.70. The first kappa shape index (κ1) is 10.0. The molecule has 1 aliphatic carbocycles. The highest BCUT2D eigenvalue weighted by Crippen LogP contribution is 2.14. The molecule has 0 aromatic heterocycles. The van der Waals surface area contributed by atoms with Crippen molar-refractivity contribution in [3.05, 3.63) is 24.3 Å². The maximum absolute atomic E-state index is 10.8. The van der Waals surface area contributed by atoms with Crippen molar-refractivity contribution in [2.45, 2.75) is 32.1 Å². The van der Waals surface area contributed by atoms with E-state index in [1.54, 1.807) is 0 Å². The van der Waals surface area contributed by atoms with Gasteiger partial charge in [0.25, 0.3) is 0 Å². The molecule has 0 fully saturated rings. The van der Waals surface area contributed by atoms with Gasteiger partial charge in [0.05, 0.1) is 5.92 Å². The molecule has 0 aliphatic heterocycles. The third-order valence-corrected chi connectivity index (χ3v) is 2.28. The average Bonchev–Trinajstić information content (AvgIpc) is 2.14. The van der Waals surface area contributed by atoms with E-state index in [9.17, 15) is 4.79 Å². The number of carbonyl (C=O) groups is 1. The molecule has 1 atom stereocenters. The molecule has 0 saturated carbocycles. The molecular formula is C11H16O2. The van der Waals surface area contributed by atoms with Crippen molar-refractivity contribution in [2.24, 2.45) is 5.92 Å². The van der Waals surface area contributed by atoms with Crippen LogP contribution in [0.4, 0.5) is 0 Å². The largest absolute Gasteiger partial charge is 0.481 e. The minimum absolute atomic E-state index is 0.195. The lowest BCUT2D eigenvalue weighted by atomic mass is 9.98. The van der Waals surface area contributed by atoms with E-state index in [-0.39, 0.29) is 5.92 Å². The number of aliphatic carboxylic acids is 1. The van der Waals surface area contributed by atoms with Crippen LogP contribution in [0.15, 0.2) is 24.3 Å². The standard InChI is InChI=1S/C11H16O2/c12-11(13)10-8-6-4-2-1-3-5-7-9-10/h2,4-5,7,10H,1,3,6,8-9H2,(H,12,13)/b4-2+,7-5-. The van der Waals surface area contributed by atoms with Crippen LogP contribution in [-0.2, 0) is 4.79 Å². The molecule has 0 radical (unpaired) electrons. The number of carboxylic acids is 1. The molecule has 0 aromatic carbocycles. The number of carboxylic acid groups (broad SMARTS) is 1. The van der Waals surface area contributed by atoms with Crippen LogP contribution in [0.2, 0.25) is 0 Å². The molecule has 2 heteroatoms. The Morgan fingerprint density at radius 3 is 2.38 bits per heavy atom. The molecule has 0 aromatic rings. The van der Waals surface area contributed by atoms with Crippen LogP contribution in [-0.4, -0.2) is 11.1 Å². The zero-order valence-electron chi connectivity index (χ0n) is 7.78. The maximum atomic E-state index is 10.8. The van der Waals surface area contributed by atoms with Crippen molar-refractivity contribution >= 4 is 5.97 Å². The summed E-state index contributed by atoms with van der Waals surface area (Å²) in [5.74, 6) is -0.863. The number of hydrogen-bond acceptors (Lipinski definition) is 1. The van der Waals surface area contributed by atoms with Gasteiger partial charge < -0.3 is 5.11 Å². The van der Waals surface area contributed by atoms with Crippen LogP contribution in [0.3, 0.4) is 0 Å². The molecule has 0 bridgehead atoms. The Balaban J connectivity index is 2.49. The molecule has 0 saturated heterocycles. The van der Waals surface area contributed by atoms with Crippen LogP contribution < -0.4 is 0 Å². The lowest BCUT2D eigenvalue weighted by Gasteiger charge is -2.08. The van der Waals surface area contributed by atoms with Crippen molar-refractivity contribution in [3.8, 4) is 0 Å². The number of rotatable bonds is 1. The van der Waals surface area contributed by atoms with E-state index in [1.165, 1.54) is 0 Å². The summed E-state index contributed by atoms with van der Waals surface area (Å²) in [6, 6.07) is 0. The molecule has 1 rings (SSSR count). The first-order valence-electron chi connectivity index (χ1n) is 4.83. The van der Waals surface area contributed by atoms with Gasteiger partial charge in [0, 0.05) is 0 Å². The quantitative estimate of drug-likeness (QED) is 0.630. The van der Waals surface area contributed by atoms with E-state index < -0.39 is 5.97 Å². The summed E-state index contributed by atoms with van der Waals surface area (Å²) in [7, 11) is 0.